The van der Waals surface area contributed by atoms with Crippen LogP contribution in [-0.4, -0.2) is 27.0 Å². The van der Waals surface area contributed by atoms with E-state index in [9.17, 15) is 0 Å². The predicted octanol–water partition coefficient (Wildman–Crippen LogP) is 3.91. The van der Waals surface area contributed by atoms with Crippen LogP contribution < -0.4 is 4.74 Å². The van der Waals surface area contributed by atoms with Crippen molar-refractivity contribution in [3.05, 3.63) is 42.7 Å². The first-order chi connectivity index (χ1) is 10.3. The van der Waals surface area contributed by atoms with Crippen LogP contribution in [0.4, 0.5) is 0 Å². The van der Waals surface area contributed by atoms with Gasteiger partial charge in [-0.1, -0.05) is 6.92 Å². The van der Waals surface area contributed by atoms with Crippen LogP contribution >= 0.6 is 11.8 Å². The molecular formula is C16H17N3OS. The van der Waals surface area contributed by atoms with Gasteiger partial charge in [-0.05, 0) is 43.0 Å². The van der Waals surface area contributed by atoms with E-state index in [1.807, 2.05) is 41.9 Å². The van der Waals surface area contributed by atoms with Crippen molar-refractivity contribution in [2.45, 2.75) is 18.9 Å². The van der Waals surface area contributed by atoms with Crippen LogP contribution in [0.3, 0.4) is 0 Å². The summed E-state index contributed by atoms with van der Waals surface area (Å²) in [5, 5.41) is 5.64. The summed E-state index contributed by atoms with van der Waals surface area (Å²) in [4.78, 5) is 4.42. The fourth-order valence-electron chi connectivity index (χ4n) is 2.18. The molecule has 0 fully saturated rings. The first kappa shape index (κ1) is 13.9. The fraction of sp³-hybridized carbons (Fsp3) is 0.250. The zero-order valence-corrected chi connectivity index (χ0v) is 12.9. The van der Waals surface area contributed by atoms with Crippen molar-refractivity contribution in [3.63, 3.8) is 0 Å². The SMILES string of the molecule is CCOc1ccc(-c2cc3c(SCC)nccn3n2)cc1. The Morgan fingerprint density at radius 3 is 2.71 bits per heavy atom. The van der Waals surface area contributed by atoms with Gasteiger partial charge in [0.2, 0.25) is 0 Å². The lowest BCUT2D eigenvalue weighted by Gasteiger charge is -2.02. The first-order valence-electron chi connectivity index (χ1n) is 7.02. The normalized spacial score (nSPS) is 11.0. The molecule has 1 aromatic carbocycles. The Kier molecular flexibility index (Phi) is 4.10. The highest BCUT2D eigenvalue weighted by atomic mass is 32.2. The summed E-state index contributed by atoms with van der Waals surface area (Å²) < 4.78 is 7.35. The monoisotopic (exact) mass is 299 g/mol. The van der Waals surface area contributed by atoms with Gasteiger partial charge >= 0.3 is 0 Å². The fourth-order valence-corrected chi connectivity index (χ4v) is 2.88. The number of aromatic nitrogens is 3. The van der Waals surface area contributed by atoms with Crippen molar-refractivity contribution in [2.75, 3.05) is 12.4 Å². The maximum Gasteiger partial charge on any atom is 0.122 e. The molecule has 2 aromatic heterocycles. The summed E-state index contributed by atoms with van der Waals surface area (Å²) in [6, 6.07) is 10.1. The minimum Gasteiger partial charge on any atom is -0.494 e. The van der Waals surface area contributed by atoms with Gasteiger partial charge in [-0.15, -0.1) is 11.8 Å². The molecule has 0 amide bonds. The lowest BCUT2D eigenvalue weighted by atomic mass is 10.1. The van der Waals surface area contributed by atoms with Gasteiger partial charge < -0.3 is 4.74 Å². The number of ether oxygens (including phenoxy) is 1. The van der Waals surface area contributed by atoms with Crippen LogP contribution in [0, 0.1) is 0 Å². The average Bonchev–Trinajstić information content (AvgIpc) is 2.94. The number of thioether (sulfide) groups is 1. The van der Waals surface area contributed by atoms with Crippen LogP contribution in [0.2, 0.25) is 0 Å². The van der Waals surface area contributed by atoms with E-state index in [2.05, 4.69) is 23.1 Å². The highest BCUT2D eigenvalue weighted by molar-refractivity contribution is 7.99. The first-order valence-corrected chi connectivity index (χ1v) is 8.00. The number of benzene rings is 1. The Morgan fingerprint density at radius 2 is 2.00 bits per heavy atom. The molecule has 0 spiro atoms. The maximum atomic E-state index is 5.47. The molecule has 0 unspecified atom stereocenters. The largest absolute Gasteiger partial charge is 0.494 e. The quantitative estimate of drug-likeness (QED) is 0.670. The third-order valence-corrected chi connectivity index (χ3v) is 3.97. The van der Waals surface area contributed by atoms with Gasteiger partial charge in [0.1, 0.15) is 10.8 Å². The predicted molar refractivity (Wildman–Crippen MR) is 86.0 cm³/mol. The van der Waals surface area contributed by atoms with Gasteiger partial charge in [-0.3, -0.25) is 0 Å². The smallest absolute Gasteiger partial charge is 0.122 e. The van der Waals surface area contributed by atoms with E-state index in [0.29, 0.717) is 6.61 Å². The maximum absolute atomic E-state index is 5.47. The van der Waals surface area contributed by atoms with Crippen molar-refractivity contribution in [3.8, 4) is 17.0 Å². The summed E-state index contributed by atoms with van der Waals surface area (Å²) in [7, 11) is 0. The third-order valence-electron chi connectivity index (χ3n) is 3.10. The van der Waals surface area contributed by atoms with E-state index in [1.165, 1.54) is 0 Å². The molecule has 3 rings (SSSR count). The molecule has 21 heavy (non-hydrogen) atoms. The van der Waals surface area contributed by atoms with E-state index in [1.54, 1.807) is 18.0 Å². The third kappa shape index (κ3) is 2.88. The molecule has 3 aromatic rings. The van der Waals surface area contributed by atoms with E-state index >= 15 is 0 Å². The summed E-state index contributed by atoms with van der Waals surface area (Å²) in [5.41, 5.74) is 3.08. The molecule has 0 saturated carbocycles. The number of fused-ring (bicyclic) bond motifs is 1. The van der Waals surface area contributed by atoms with Gasteiger partial charge in [0.15, 0.2) is 0 Å². The lowest BCUT2D eigenvalue weighted by Crippen LogP contribution is -1.91. The molecule has 0 N–H and O–H groups in total. The van der Waals surface area contributed by atoms with Crippen molar-refractivity contribution >= 4 is 17.3 Å². The second-order valence-electron chi connectivity index (χ2n) is 4.48. The van der Waals surface area contributed by atoms with E-state index in [-0.39, 0.29) is 0 Å². The molecule has 4 nitrogen and oxygen atoms in total. The van der Waals surface area contributed by atoms with Crippen LogP contribution in [0.5, 0.6) is 5.75 Å². The second-order valence-corrected chi connectivity index (χ2v) is 5.73. The van der Waals surface area contributed by atoms with E-state index in [4.69, 9.17) is 4.74 Å². The zero-order chi connectivity index (χ0) is 14.7. The number of hydrogen-bond donors (Lipinski definition) is 0. The highest BCUT2D eigenvalue weighted by Crippen LogP contribution is 2.26. The van der Waals surface area contributed by atoms with Crippen molar-refractivity contribution in [1.29, 1.82) is 0 Å². The molecule has 5 heteroatoms. The number of hydrogen-bond acceptors (Lipinski definition) is 4. The molecule has 0 aliphatic heterocycles. The Balaban J connectivity index is 1.98. The van der Waals surface area contributed by atoms with Gasteiger partial charge in [0, 0.05) is 18.0 Å². The number of nitrogens with zero attached hydrogens (tertiary/aromatic N) is 3. The zero-order valence-electron chi connectivity index (χ0n) is 12.1. The Hall–Kier alpha value is -2.01. The minimum absolute atomic E-state index is 0.678. The summed E-state index contributed by atoms with van der Waals surface area (Å²) in [6.07, 6.45) is 3.67. The summed E-state index contributed by atoms with van der Waals surface area (Å²) >= 11 is 1.73. The van der Waals surface area contributed by atoms with Crippen molar-refractivity contribution in [1.82, 2.24) is 14.6 Å². The molecule has 0 aliphatic carbocycles. The van der Waals surface area contributed by atoms with Crippen LogP contribution in [0.25, 0.3) is 16.8 Å². The standard InChI is InChI=1S/C16H17N3OS/c1-3-20-13-7-5-12(6-8-13)14-11-15-16(21-4-2)17-9-10-19(15)18-14/h5-11H,3-4H2,1-2H3. The van der Waals surface area contributed by atoms with Gasteiger partial charge in [0.25, 0.3) is 0 Å². The molecule has 0 bridgehead atoms. The van der Waals surface area contributed by atoms with Crippen LogP contribution in [0.1, 0.15) is 13.8 Å². The molecule has 2 heterocycles. The summed E-state index contributed by atoms with van der Waals surface area (Å²) in [6.45, 7) is 4.78. The Labute approximate surface area is 128 Å². The number of rotatable bonds is 5. The second kappa shape index (κ2) is 6.18. The van der Waals surface area contributed by atoms with E-state index < -0.39 is 0 Å². The van der Waals surface area contributed by atoms with Crippen LogP contribution in [-0.2, 0) is 0 Å². The Morgan fingerprint density at radius 1 is 1.19 bits per heavy atom. The van der Waals surface area contributed by atoms with Crippen molar-refractivity contribution < 1.29 is 4.74 Å². The van der Waals surface area contributed by atoms with E-state index in [0.717, 1.165) is 33.3 Å². The summed E-state index contributed by atoms with van der Waals surface area (Å²) in [5.74, 6) is 1.88. The molecule has 108 valence electrons. The minimum atomic E-state index is 0.678. The van der Waals surface area contributed by atoms with Gasteiger partial charge in [-0.25, -0.2) is 9.50 Å². The van der Waals surface area contributed by atoms with Crippen LogP contribution in [0.15, 0.2) is 47.8 Å². The lowest BCUT2D eigenvalue weighted by molar-refractivity contribution is 0.340. The molecular weight excluding hydrogens is 282 g/mol. The Bertz CT molecular complexity index is 737. The van der Waals surface area contributed by atoms with Crippen molar-refractivity contribution in [2.24, 2.45) is 0 Å². The van der Waals surface area contributed by atoms with Gasteiger partial charge in [0.05, 0.1) is 17.8 Å². The average molecular weight is 299 g/mol. The topological polar surface area (TPSA) is 39.4 Å². The molecule has 0 radical (unpaired) electrons. The van der Waals surface area contributed by atoms with Gasteiger partial charge in [-0.2, -0.15) is 5.10 Å². The molecule has 0 saturated heterocycles. The molecule has 0 atom stereocenters. The highest BCUT2D eigenvalue weighted by Gasteiger charge is 2.09. The molecule has 0 aliphatic rings.